The zero-order chi connectivity index (χ0) is 27.1. The number of hydrogen-bond donors (Lipinski definition) is 0. The first kappa shape index (κ1) is 28.5. The molecular formula is C32H37F5O. The van der Waals surface area contributed by atoms with E-state index in [1.54, 1.807) is 12.1 Å². The van der Waals surface area contributed by atoms with Crippen molar-refractivity contribution in [2.45, 2.75) is 83.2 Å². The molecule has 0 N–H and O–H groups in total. The molecule has 1 saturated heterocycles. The van der Waals surface area contributed by atoms with Gasteiger partial charge in [0.05, 0.1) is 12.7 Å². The lowest BCUT2D eigenvalue weighted by atomic mass is 9.76. The highest BCUT2D eigenvalue weighted by molar-refractivity contribution is 5.61. The number of rotatable bonds is 9. The normalized spacial score (nSPS) is 25.0. The third-order valence-electron chi connectivity index (χ3n) is 8.22. The largest absolute Gasteiger partial charge is 0.373 e. The van der Waals surface area contributed by atoms with Crippen molar-refractivity contribution in [2.24, 2.45) is 11.8 Å². The van der Waals surface area contributed by atoms with Gasteiger partial charge in [0.1, 0.15) is 5.83 Å². The fourth-order valence-corrected chi connectivity index (χ4v) is 5.86. The van der Waals surface area contributed by atoms with Gasteiger partial charge in [-0.3, -0.25) is 0 Å². The second kappa shape index (κ2) is 13.5. The van der Waals surface area contributed by atoms with Crippen LogP contribution in [-0.2, 0) is 4.74 Å². The maximum atomic E-state index is 14.4. The summed E-state index contributed by atoms with van der Waals surface area (Å²) in [6.45, 7) is 2.41. The standard InChI is InChI=1S/C32H37F5O/c1-2-3-4-5-27(33)31(36)25-15-13-24(14-16-25)23-11-8-21(9-12-23)6-7-22-10-17-30(38-20-22)26-18-28(34)32(37)29(35)19-26/h2-3,13-16,18-19,21-23,30H,4-12,17,20H2,1H3/b3-2+,31-27+. The molecule has 2 aliphatic rings. The van der Waals surface area contributed by atoms with Crippen LogP contribution in [0.1, 0.15) is 99.8 Å². The molecule has 0 spiro atoms. The number of ether oxygens (including phenoxy) is 1. The number of allylic oxidation sites excluding steroid dienone is 3. The van der Waals surface area contributed by atoms with Crippen LogP contribution in [0.3, 0.4) is 0 Å². The third-order valence-corrected chi connectivity index (χ3v) is 8.22. The van der Waals surface area contributed by atoms with Crippen molar-refractivity contribution >= 4 is 5.83 Å². The average Bonchev–Trinajstić information content (AvgIpc) is 2.95. The van der Waals surface area contributed by atoms with E-state index in [1.165, 1.54) is 5.56 Å². The van der Waals surface area contributed by atoms with Gasteiger partial charge in [0.15, 0.2) is 23.3 Å². The maximum absolute atomic E-state index is 14.4. The molecule has 0 radical (unpaired) electrons. The summed E-state index contributed by atoms with van der Waals surface area (Å²) in [5.74, 6) is -3.72. The van der Waals surface area contributed by atoms with Crippen LogP contribution in [0.15, 0.2) is 54.4 Å². The van der Waals surface area contributed by atoms with Crippen LogP contribution in [0.2, 0.25) is 0 Å². The molecule has 1 nitrogen and oxygen atoms in total. The fourth-order valence-electron chi connectivity index (χ4n) is 5.86. The molecule has 4 rings (SSSR count). The van der Waals surface area contributed by atoms with Gasteiger partial charge in [0, 0.05) is 12.0 Å². The molecule has 2 unspecified atom stereocenters. The number of hydrogen-bond acceptors (Lipinski definition) is 1. The Balaban J connectivity index is 1.19. The van der Waals surface area contributed by atoms with Crippen LogP contribution in [0.5, 0.6) is 0 Å². The van der Waals surface area contributed by atoms with E-state index in [0.29, 0.717) is 48.3 Å². The molecule has 1 aliphatic carbocycles. The van der Waals surface area contributed by atoms with Crippen molar-refractivity contribution in [3.8, 4) is 0 Å². The van der Waals surface area contributed by atoms with Gasteiger partial charge >= 0.3 is 0 Å². The van der Waals surface area contributed by atoms with Crippen molar-refractivity contribution in [3.05, 3.63) is 88.5 Å². The summed E-state index contributed by atoms with van der Waals surface area (Å²) in [6, 6.07) is 9.33. The average molecular weight is 533 g/mol. The molecule has 2 aromatic carbocycles. The summed E-state index contributed by atoms with van der Waals surface area (Å²) >= 11 is 0. The Labute approximate surface area is 222 Å². The Kier molecular flexibility index (Phi) is 10.2. The molecule has 38 heavy (non-hydrogen) atoms. The second-order valence-electron chi connectivity index (χ2n) is 10.8. The van der Waals surface area contributed by atoms with Gasteiger partial charge < -0.3 is 4.74 Å². The van der Waals surface area contributed by atoms with Gasteiger partial charge in [-0.15, -0.1) is 0 Å². The van der Waals surface area contributed by atoms with E-state index in [1.807, 2.05) is 31.2 Å². The Morgan fingerprint density at radius 3 is 2.08 bits per heavy atom. The quantitative estimate of drug-likeness (QED) is 0.177. The minimum atomic E-state index is -1.44. The first-order chi connectivity index (χ1) is 18.4. The zero-order valence-electron chi connectivity index (χ0n) is 22.0. The lowest BCUT2D eigenvalue weighted by Crippen LogP contribution is -2.22. The van der Waals surface area contributed by atoms with Gasteiger partial charge in [-0.25, -0.2) is 22.0 Å². The molecule has 2 fully saturated rings. The van der Waals surface area contributed by atoms with E-state index in [9.17, 15) is 22.0 Å². The van der Waals surface area contributed by atoms with Crippen molar-refractivity contribution in [2.75, 3.05) is 6.61 Å². The molecular weight excluding hydrogens is 495 g/mol. The molecule has 0 bridgehead atoms. The molecule has 2 atom stereocenters. The molecule has 1 heterocycles. The smallest absolute Gasteiger partial charge is 0.194 e. The van der Waals surface area contributed by atoms with Gasteiger partial charge in [-0.2, -0.15) is 0 Å². The van der Waals surface area contributed by atoms with Crippen LogP contribution < -0.4 is 0 Å². The van der Waals surface area contributed by atoms with E-state index in [4.69, 9.17) is 4.74 Å². The maximum Gasteiger partial charge on any atom is 0.194 e. The SMILES string of the molecule is C/C=C/CC/C(F)=C(\F)c1ccc(C2CCC(CCC3CCC(c4cc(F)c(F)c(F)c4)OC3)CC2)cc1. The Bertz CT molecular complexity index is 1080. The lowest BCUT2D eigenvalue weighted by Gasteiger charge is -2.32. The summed E-state index contributed by atoms with van der Waals surface area (Å²) in [7, 11) is 0. The fraction of sp³-hybridized carbons (Fsp3) is 0.500. The predicted octanol–water partition coefficient (Wildman–Crippen LogP) is 10.3. The van der Waals surface area contributed by atoms with E-state index >= 15 is 0 Å². The van der Waals surface area contributed by atoms with Crippen LogP contribution in [0.4, 0.5) is 22.0 Å². The second-order valence-corrected chi connectivity index (χ2v) is 10.8. The van der Waals surface area contributed by atoms with Crippen molar-refractivity contribution < 1.29 is 26.7 Å². The van der Waals surface area contributed by atoms with Crippen LogP contribution in [0.25, 0.3) is 5.83 Å². The van der Waals surface area contributed by atoms with Gasteiger partial charge in [0.2, 0.25) is 0 Å². The molecule has 2 aromatic rings. The van der Waals surface area contributed by atoms with Crippen molar-refractivity contribution in [1.82, 2.24) is 0 Å². The Hall–Kier alpha value is -2.47. The minimum Gasteiger partial charge on any atom is -0.373 e. The van der Waals surface area contributed by atoms with Crippen molar-refractivity contribution in [3.63, 3.8) is 0 Å². The summed E-state index contributed by atoms with van der Waals surface area (Å²) < 4.78 is 74.7. The monoisotopic (exact) mass is 532 g/mol. The first-order valence-electron chi connectivity index (χ1n) is 13.9. The van der Waals surface area contributed by atoms with E-state index in [-0.39, 0.29) is 6.42 Å². The van der Waals surface area contributed by atoms with Crippen LogP contribution in [0, 0.1) is 29.3 Å². The number of benzene rings is 2. The molecule has 0 aromatic heterocycles. The molecule has 1 aliphatic heterocycles. The van der Waals surface area contributed by atoms with Crippen molar-refractivity contribution in [1.29, 1.82) is 0 Å². The van der Waals surface area contributed by atoms with Gasteiger partial charge in [-0.05, 0) is 99.3 Å². The van der Waals surface area contributed by atoms with Gasteiger partial charge in [0.25, 0.3) is 0 Å². The molecule has 206 valence electrons. The van der Waals surface area contributed by atoms with Crippen LogP contribution >= 0.6 is 0 Å². The zero-order valence-corrected chi connectivity index (χ0v) is 22.0. The summed E-state index contributed by atoms with van der Waals surface area (Å²) in [5.41, 5.74) is 1.85. The topological polar surface area (TPSA) is 9.23 Å². The van der Waals surface area contributed by atoms with Crippen LogP contribution in [-0.4, -0.2) is 6.61 Å². The molecule has 0 amide bonds. The predicted molar refractivity (Wildman–Crippen MR) is 141 cm³/mol. The highest BCUT2D eigenvalue weighted by atomic mass is 19.2. The summed E-state index contributed by atoms with van der Waals surface area (Å²) in [4.78, 5) is 0. The van der Waals surface area contributed by atoms with E-state index < -0.39 is 35.2 Å². The lowest BCUT2D eigenvalue weighted by molar-refractivity contribution is -0.0214. The summed E-state index contributed by atoms with van der Waals surface area (Å²) in [5, 5.41) is 0. The summed E-state index contributed by atoms with van der Waals surface area (Å²) in [6.07, 6.45) is 12.1. The molecule has 6 heteroatoms. The minimum absolute atomic E-state index is 0.0731. The number of halogens is 5. The van der Waals surface area contributed by atoms with E-state index in [2.05, 4.69) is 0 Å². The van der Waals surface area contributed by atoms with E-state index in [0.717, 1.165) is 57.1 Å². The first-order valence-corrected chi connectivity index (χ1v) is 13.9. The highest BCUT2D eigenvalue weighted by Gasteiger charge is 2.27. The Morgan fingerprint density at radius 1 is 0.842 bits per heavy atom. The third kappa shape index (κ3) is 7.34. The highest BCUT2D eigenvalue weighted by Crippen LogP contribution is 2.40. The Morgan fingerprint density at radius 2 is 1.47 bits per heavy atom. The van der Waals surface area contributed by atoms with Gasteiger partial charge in [-0.1, -0.05) is 42.8 Å². The molecule has 1 saturated carbocycles.